The first-order valence-electron chi connectivity index (χ1n) is 13.0. The Kier molecular flexibility index (Phi) is 7.38. The van der Waals surface area contributed by atoms with E-state index in [1.165, 1.54) is 0 Å². The third kappa shape index (κ3) is 6.05. The second kappa shape index (κ2) is 10.2. The van der Waals surface area contributed by atoms with Crippen molar-refractivity contribution in [1.29, 1.82) is 0 Å². The number of ether oxygens (including phenoxy) is 1. The minimum atomic E-state index is -0.542. The molecule has 0 aliphatic carbocycles. The third-order valence-electron chi connectivity index (χ3n) is 7.60. The Labute approximate surface area is 212 Å². The first-order chi connectivity index (χ1) is 16.9. The first-order valence-corrected chi connectivity index (χ1v) is 13.0. The molecular weight excluding hydrogens is 460 g/mol. The summed E-state index contributed by atoms with van der Waals surface area (Å²) in [5.74, 6) is 0.249. The molecule has 0 unspecified atom stereocenters. The lowest BCUT2D eigenvalue weighted by Gasteiger charge is -2.39. The van der Waals surface area contributed by atoms with Gasteiger partial charge in [0.1, 0.15) is 11.4 Å². The van der Waals surface area contributed by atoms with E-state index in [-0.39, 0.29) is 35.5 Å². The van der Waals surface area contributed by atoms with E-state index in [1.54, 1.807) is 6.20 Å². The molecule has 2 atom stereocenters. The molecule has 4 heterocycles. The van der Waals surface area contributed by atoms with Crippen molar-refractivity contribution >= 4 is 29.5 Å². The van der Waals surface area contributed by atoms with Gasteiger partial charge in [-0.2, -0.15) is 0 Å². The van der Waals surface area contributed by atoms with E-state index in [1.807, 2.05) is 44.7 Å². The van der Waals surface area contributed by atoms with E-state index in [0.29, 0.717) is 45.2 Å². The maximum atomic E-state index is 13.0. The number of piperidine rings is 2. The molecule has 0 aromatic carbocycles. The Morgan fingerprint density at radius 1 is 1.14 bits per heavy atom. The van der Waals surface area contributed by atoms with Gasteiger partial charge < -0.3 is 14.5 Å². The number of pyridine rings is 1. The molecule has 3 saturated heterocycles. The highest BCUT2D eigenvalue weighted by Gasteiger charge is 2.41. The Morgan fingerprint density at radius 2 is 1.86 bits per heavy atom. The lowest BCUT2D eigenvalue weighted by atomic mass is 9.80. The van der Waals surface area contributed by atoms with Crippen LogP contribution in [0.4, 0.5) is 5.82 Å². The average Bonchev–Trinajstić information content (AvgIpc) is 3.27. The molecule has 196 valence electrons. The van der Waals surface area contributed by atoms with Crippen molar-refractivity contribution in [2.45, 2.75) is 77.7 Å². The number of hydrogen-bond acceptors (Lipinski definition) is 7. The molecule has 4 rings (SSSR count). The molecule has 0 bridgehead atoms. The third-order valence-corrected chi connectivity index (χ3v) is 7.60. The van der Waals surface area contributed by atoms with E-state index in [2.05, 4.69) is 15.2 Å². The van der Waals surface area contributed by atoms with Gasteiger partial charge in [0, 0.05) is 45.2 Å². The summed E-state index contributed by atoms with van der Waals surface area (Å²) < 4.78 is 5.60. The molecule has 1 aromatic rings. The molecule has 1 aromatic heterocycles. The largest absolute Gasteiger partial charge is 0.460 e. The first kappa shape index (κ1) is 26.1. The zero-order valence-corrected chi connectivity index (χ0v) is 21.8. The molecule has 3 fully saturated rings. The Balaban J connectivity index is 1.25. The maximum absolute atomic E-state index is 13.0. The lowest BCUT2D eigenvalue weighted by Crippen LogP contribution is -2.47. The van der Waals surface area contributed by atoms with Crippen LogP contribution < -0.4 is 10.2 Å². The second-order valence-corrected chi connectivity index (χ2v) is 11.7. The number of carbonyl (C=O) groups excluding carboxylic acids is 4. The SMILES string of the molecule is CC(C)(C)OC(=O)C1(C)CCN(C(=O)C[C@H]2CCN(c3ccc([C@H]4CCC(=O)NC4=O)cn3)C2)CC1. The fourth-order valence-electron chi connectivity index (χ4n) is 5.24. The number of anilines is 1. The predicted octanol–water partition coefficient (Wildman–Crippen LogP) is 2.79. The summed E-state index contributed by atoms with van der Waals surface area (Å²) in [5.41, 5.74) is -0.236. The number of nitrogens with zero attached hydrogens (tertiary/aromatic N) is 3. The molecule has 0 saturated carbocycles. The standard InChI is InChI=1S/C27H38N4O5/c1-26(2,3)36-25(35)27(4)10-13-30(14-11-27)23(33)15-18-9-12-31(17-18)21-7-5-19(16-28-21)20-6-8-22(32)29-24(20)34/h5,7,16,18,20H,6,8-15,17H2,1-4H3,(H,29,32,34)/t18-,20-/m1/s1. The second-order valence-electron chi connectivity index (χ2n) is 11.7. The number of nitrogens with one attached hydrogen (secondary N) is 1. The van der Waals surface area contributed by atoms with Crippen LogP contribution in [0.1, 0.15) is 77.7 Å². The van der Waals surface area contributed by atoms with Gasteiger partial charge in [0.05, 0.1) is 11.3 Å². The van der Waals surface area contributed by atoms with Gasteiger partial charge in [-0.3, -0.25) is 24.5 Å². The van der Waals surface area contributed by atoms with Gasteiger partial charge in [0.15, 0.2) is 0 Å². The molecule has 9 heteroatoms. The van der Waals surface area contributed by atoms with Crippen molar-refractivity contribution < 1.29 is 23.9 Å². The summed E-state index contributed by atoms with van der Waals surface area (Å²) >= 11 is 0. The summed E-state index contributed by atoms with van der Waals surface area (Å²) in [7, 11) is 0. The van der Waals surface area contributed by atoms with Gasteiger partial charge in [-0.05, 0) is 70.9 Å². The molecule has 3 amide bonds. The molecule has 0 spiro atoms. The maximum Gasteiger partial charge on any atom is 0.312 e. The summed E-state index contributed by atoms with van der Waals surface area (Å²) in [4.78, 5) is 57.8. The van der Waals surface area contributed by atoms with E-state index >= 15 is 0 Å². The van der Waals surface area contributed by atoms with Crippen LogP contribution in [0.25, 0.3) is 0 Å². The van der Waals surface area contributed by atoms with E-state index in [4.69, 9.17) is 4.74 Å². The van der Waals surface area contributed by atoms with Crippen molar-refractivity contribution in [2.24, 2.45) is 11.3 Å². The quantitative estimate of drug-likeness (QED) is 0.491. The minimum absolute atomic E-state index is 0.147. The molecule has 9 nitrogen and oxygen atoms in total. The van der Waals surface area contributed by atoms with Crippen molar-refractivity contribution in [2.75, 3.05) is 31.1 Å². The Morgan fingerprint density at radius 3 is 2.47 bits per heavy atom. The smallest absolute Gasteiger partial charge is 0.312 e. The number of hydrogen-bond donors (Lipinski definition) is 1. The van der Waals surface area contributed by atoms with Crippen LogP contribution in [0.15, 0.2) is 18.3 Å². The summed E-state index contributed by atoms with van der Waals surface area (Å²) in [6.07, 6.45) is 5.23. The van der Waals surface area contributed by atoms with Crippen LogP contribution in [0.3, 0.4) is 0 Å². The van der Waals surface area contributed by atoms with Gasteiger partial charge in [-0.15, -0.1) is 0 Å². The molecule has 3 aliphatic heterocycles. The van der Waals surface area contributed by atoms with Crippen molar-refractivity contribution in [3.05, 3.63) is 23.9 Å². The molecule has 3 aliphatic rings. The van der Waals surface area contributed by atoms with Gasteiger partial charge in [0.25, 0.3) is 0 Å². The normalized spacial score (nSPS) is 24.4. The molecule has 0 radical (unpaired) electrons. The van der Waals surface area contributed by atoms with Crippen LogP contribution in [0.5, 0.6) is 0 Å². The van der Waals surface area contributed by atoms with Crippen LogP contribution in [-0.2, 0) is 23.9 Å². The minimum Gasteiger partial charge on any atom is -0.460 e. The number of esters is 1. The van der Waals surface area contributed by atoms with Gasteiger partial charge >= 0.3 is 5.97 Å². The highest BCUT2D eigenvalue weighted by Crippen LogP contribution is 2.35. The van der Waals surface area contributed by atoms with E-state index in [9.17, 15) is 19.2 Å². The van der Waals surface area contributed by atoms with Crippen molar-refractivity contribution in [3.8, 4) is 0 Å². The van der Waals surface area contributed by atoms with Crippen LogP contribution >= 0.6 is 0 Å². The van der Waals surface area contributed by atoms with Crippen molar-refractivity contribution in [3.63, 3.8) is 0 Å². The number of aromatic nitrogens is 1. The summed E-state index contributed by atoms with van der Waals surface area (Å²) in [5, 5.41) is 2.39. The highest BCUT2D eigenvalue weighted by atomic mass is 16.6. The molecule has 1 N–H and O–H groups in total. The number of carbonyl (C=O) groups is 4. The van der Waals surface area contributed by atoms with Crippen molar-refractivity contribution in [1.82, 2.24) is 15.2 Å². The Bertz CT molecular complexity index is 1010. The van der Waals surface area contributed by atoms with Crippen LogP contribution in [-0.4, -0.2) is 65.4 Å². The number of imide groups is 1. The monoisotopic (exact) mass is 498 g/mol. The lowest BCUT2D eigenvalue weighted by molar-refractivity contribution is -0.170. The summed E-state index contributed by atoms with van der Waals surface area (Å²) in [6, 6.07) is 3.83. The van der Waals surface area contributed by atoms with E-state index < -0.39 is 11.0 Å². The fraction of sp³-hybridized carbons (Fsp3) is 0.667. The number of likely N-dealkylation sites (tertiary alicyclic amines) is 1. The van der Waals surface area contributed by atoms with Gasteiger partial charge in [0.2, 0.25) is 17.7 Å². The zero-order valence-electron chi connectivity index (χ0n) is 21.8. The average molecular weight is 499 g/mol. The topological polar surface area (TPSA) is 109 Å². The van der Waals surface area contributed by atoms with Gasteiger partial charge in [-0.1, -0.05) is 6.07 Å². The zero-order chi connectivity index (χ0) is 26.1. The van der Waals surface area contributed by atoms with E-state index in [0.717, 1.165) is 30.9 Å². The fourth-order valence-corrected chi connectivity index (χ4v) is 5.24. The Hall–Kier alpha value is -2.97. The number of rotatable bonds is 5. The number of amides is 3. The van der Waals surface area contributed by atoms with Crippen LogP contribution in [0, 0.1) is 11.3 Å². The predicted molar refractivity (Wildman–Crippen MR) is 134 cm³/mol. The van der Waals surface area contributed by atoms with Gasteiger partial charge in [-0.25, -0.2) is 4.98 Å². The molecular formula is C27H38N4O5. The summed E-state index contributed by atoms with van der Waals surface area (Å²) in [6.45, 7) is 10.3. The molecule has 36 heavy (non-hydrogen) atoms. The van der Waals surface area contributed by atoms with Crippen LogP contribution in [0.2, 0.25) is 0 Å². The highest BCUT2D eigenvalue weighted by molar-refractivity contribution is 6.00.